The molecule has 3 N–H and O–H groups in total. The largest absolute Gasteiger partial charge is 0.459 e. The molecule has 1 aromatic carbocycles. The minimum atomic E-state index is -0.461. The standard InChI is InChI=1S/C14H18N2O2/c1-3-11(15)14(17)16-9(2)13-8-10-6-4-5-7-12(10)18-13/h4-9,11H,3,15H2,1-2H3,(H,16,17)/t9?,11-/m1/s1. The van der Waals surface area contributed by atoms with Crippen molar-refractivity contribution < 1.29 is 9.21 Å². The van der Waals surface area contributed by atoms with Gasteiger partial charge in [0.1, 0.15) is 11.3 Å². The van der Waals surface area contributed by atoms with E-state index in [2.05, 4.69) is 5.32 Å². The number of hydrogen-bond acceptors (Lipinski definition) is 3. The molecule has 0 saturated carbocycles. The van der Waals surface area contributed by atoms with Gasteiger partial charge >= 0.3 is 0 Å². The van der Waals surface area contributed by atoms with Crippen LogP contribution in [0, 0.1) is 0 Å². The number of benzene rings is 1. The Balaban J connectivity index is 2.13. The molecule has 1 unspecified atom stereocenters. The fourth-order valence-corrected chi connectivity index (χ4v) is 1.79. The van der Waals surface area contributed by atoms with Crippen molar-refractivity contribution in [1.29, 1.82) is 0 Å². The van der Waals surface area contributed by atoms with Crippen molar-refractivity contribution in [1.82, 2.24) is 5.32 Å². The Hall–Kier alpha value is -1.81. The summed E-state index contributed by atoms with van der Waals surface area (Å²) in [5, 5.41) is 3.89. The number of nitrogens with one attached hydrogen (secondary N) is 1. The summed E-state index contributed by atoms with van der Waals surface area (Å²) in [5.41, 5.74) is 6.50. The number of para-hydroxylation sites is 1. The third-order valence-electron chi connectivity index (χ3n) is 3.01. The van der Waals surface area contributed by atoms with Gasteiger partial charge in [-0.05, 0) is 25.5 Å². The molecule has 4 heteroatoms. The fourth-order valence-electron chi connectivity index (χ4n) is 1.79. The number of hydrogen-bond donors (Lipinski definition) is 2. The SMILES string of the molecule is CC[C@@H](N)C(=O)NC(C)c1cc2ccccc2o1. The Bertz CT molecular complexity index is 514. The van der Waals surface area contributed by atoms with Gasteiger partial charge in [0.05, 0.1) is 12.1 Å². The van der Waals surface area contributed by atoms with Crippen molar-refractivity contribution in [3.8, 4) is 0 Å². The molecule has 1 heterocycles. The number of carbonyl (C=O) groups excluding carboxylic acids is 1. The summed E-state index contributed by atoms with van der Waals surface area (Å²) in [7, 11) is 0. The minimum absolute atomic E-state index is 0.148. The third kappa shape index (κ3) is 2.54. The van der Waals surface area contributed by atoms with Gasteiger partial charge in [0.25, 0.3) is 0 Å². The van der Waals surface area contributed by atoms with Crippen LogP contribution in [0.3, 0.4) is 0 Å². The quantitative estimate of drug-likeness (QED) is 0.870. The Kier molecular flexibility index (Phi) is 3.67. The Morgan fingerprint density at radius 3 is 2.83 bits per heavy atom. The van der Waals surface area contributed by atoms with E-state index in [1.54, 1.807) is 0 Å². The highest BCUT2D eigenvalue weighted by molar-refractivity contribution is 5.82. The van der Waals surface area contributed by atoms with E-state index in [4.69, 9.17) is 10.2 Å². The number of fused-ring (bicyclic) bond motifs is 1. The van der Waals surface area contributed by atoms with Crippen LogP contribution in [0.25, 0.3) is 11.0 Å². The normalized spacial score (nSPS) is 14.4. The molecule has 2 atom stereocenters. The molecular weight excluding hydrogens is 228 g/mol. The topological polar surface area (TPSA) is 68.3 Å². The Morgan fingerprint density at radius 2 is 2.17 bits per heavy atom. The predicted octanol–water partition coefficient (Wildman–Crippen LogP) is 2.35. The number of furan rings is 1. The lowest BCUT2D eigenvalue weighted by Crippen LogP contribution is -2.41. The van der Waals surface area contributed by atoms with Crippen LogP contribution in [-0.2, 0) is 4.79 Å². The van der Waals surface area contributed by atoms with E-state index in [9.17, 15) is 4.79 Å². The first-order valence-electron chi connectivity index (χ1n) is 6.16. The summed E-state index contributed by atoms with van der Waals surface area (Å²) >= 11 is 0. The molecule has 0 aliphatic rings. The molecule has 0 fully saturated rings. The van der Waals surface area contributed by atoms with Crippen molar-refractivity contribution in [3.05, 3.63) is 36.1 Å². The second-order valence-corrected chi connectivity index (χ2v) is 4.43. The molecule has 0 aliphatic heterocycles. The lowest BCUT2D eigenvalue weighted by Gasteiger charge is -2.14. The van der Waals surface area contributed by atoms with E-state index in [1.807, 2.05) is 44.2 Å². The highest BCUT2D eigenvalue weighted by Crippen LogP contribution is 2.23. The first kappa shape index (κ1) is 12.6. The first-order valence-corrected chi connectivity index (χ1v) is 6.16. The molecule has 2 rings (SSSR count). The van der Waals surface area contributed by atoms with Crippen LogP contribution in [0.4, 0.5) is 0 Å². The zero-order chi connectivity index (χ0) is 13.1. The summed E-state index contributed by atoms with van der Waals surface area (Å²) in [4.78, 5) is 11.7. The molecule has 2 aromatic rings. The first-order chi connectivity index (χ1) is 8.61. The van der Waals surface area contributed by atoms with E-state index in [0.717, 1.165) is 16.7 Å². The molecular formula is C14H18N2O2. The molecule has 0 spiro atoms. The Morgan fingerprint density at radius 1 is 1.44 bits per heavy atom. The van der Waals surface area contributed by atoms with Crippen LogP contribution in [0.2, 0.25) is 0 Å². The van der Waals surface area contributed by atoms with E-state index in [-0.39, 0.29) is 11.9 Å². The lowest BCUT2D eigenvalue weighted by molar-refractivity contribution is -0.123. The summed E-state index contributed by atoms with van der Waals surface area (Å²) in [6.45, 7) is 3.77. The molecule has 96 valence electrons. The third-order valence-corrected chi connectivity index (χ3v) is 3.01. The average molecular weight is 246 g/mol. The van der Waals surface area contributed by atoms with E-state index < -0.39 is 6.04 Å². The molecule has 0 aliphatic carbocycles. The molecule has 18 heavy (non-hydrogen) atoms. The van der Waals surface area contributed by atoms with Gasteiger partial charge in [0, 0.05) is 5.39 Å². The van der Waals surface area contributed by atoms with Crippen molar-refractivity contribution in [2.75, 3.05) is 0 Å². The molecule has 4 nitrogen and oxygen atoms in total. The van der Waals surface area contributed by atoms with Crippen molar-refractivity contribution in [2.45, 2.75) is 32.4 Å². The van der Waals surface area contributed by atoms with Gasteiger partial charge in [-0.3, -0.25) is 4.79 Å². The van der Waals surface area contributed by atoms with Gasteiger partial charge in [-0.2, -0.15) is 0 Å². The summed E-state index contributed by atoms with van der Waals surface area (Å²) in [6.07, 6.45) is 0.624. The van der Waals surface area contributed by atoms with Crippen LogP contribution < -0.4 is 11.1 Å². The zero-order valence-electron chi connectivity index (χ0n) is 10.6. The monoisotopic (exact) mass is 246 g/mol. The smallest absolute Gasteiger partial charge is 0.237 e. The van der Waals surface area contributed by atoms with E-state index in [1.165, 1.54) is 0 Å². The van der Waals surface area contributed by atoms with Gasteiger partial charge in [-0.25, -0.2) is 0 Å². The van der Waals surface area contributed by atoms with Gasteiger partial charge in [0.15, 0.2) is 0 Å². The number of rotatable bonds is 4. The van der Waals surface area contributed by atoms with E-state index >= 15 is 0 Å². The maximum atomic E-state index is 11.7. The number of carbonyl (C=O) groups is 1. The zero-order valence-corrected chi connectivity index (χ0v) is 10.6. The van der Waals surface area contributed by atoms with Crippen LogP contribution >= 0.6 is 0 Å². The van der Waals surface area contributed by atoms with Crippen molar-refractivity contribution in [3.63, 3.8) is 0 Å². The number of amides is 1. The van der Waals surface area contributed by atoms with Crippen LogP contribution in [0.15, 0.2) is 34.7 Å². The summed E-state index contributed by atoms with van der Waals surface area (Å²) in [5.74, 6) is 0.596. The Labute approximate surface area is 106 Å². The molecule has 0 saturated heterocycles. The van der Waals surface area contributed by atoms with Crippen LogP contribution in [-0.4, -0.2) is 11.9 Å². The minimum Gasteiger partial charge on any atom is -0.459 e. The highest BCUT2D eigenvalue weighted by Gasteiger charge is 2.17. The molecule has 1 amide bonds. The molecule has 0 radical (unpaired) electrons. The second kappa shape index (κ2) is 5.23. The maximum absolute atomic E-state index is 11.7. The molecule has 1 aromatic heterocycles. The van der Waals surface area contributed by atoms with Gasteiger partial charge in [-0.15, -0.1) is 0 Å². The average Bonchev–Trinajstić information content (AvgIpc) is 2.81. The number of nitrogens with two attached hydrogens (primary N) is 1. The highest BCUT2D eigenvalue weighted by atomic mass is 16.3. The fraction of sp³-hybridized carbons (Fsp3) is 0.357. The van der Waals surface area contributed by atoms with Gasteiger partial charge in [0.2, 0.25) is 5.91 Å². The van der Waals surface area contributed by atoms with Crippen molar-refractivity contribution >= 4 is 16.9 Å². The lowest BCUT2D eigenvalue weighted by atomic mass is 10.2. The van der Waals surface area contributed by atoms with E-state index in [0.29, 0.717) is 6.42 Å². The summed E-state index contributed by atoms with van der Waals surface area (Å²) in [6, 6.07) is 9.07. The van der Waals surface area contributed by atoms with Crippen molar-refractivity contribution in [2.24, 2.45) is 5.73 Å². The van der Waals surface area contributed by atoms with Crippen LogP contribution in [0.1, 0.15) is 32.1 Å². The second-order valence-electron chi connectivity index (χ2n) is 4.43. The predicted molar refractivity (Wildman–Crippen MR) is 71.0 cm³/mol. The summed E-state index contributed by atoms with van der Waals surface area (Å²) < 4.78 is 5.69. The van der Waals surface area contributed by atoms with Gasteiger partial charge in [-0.1, -0.05) is 25.1 Å². The maximum Gasteiger partial charge on any atom is 0.237 e. The van der Waals surface area contributed by atoms with Crippen LogP contribution in [0.5, 0.6) is 0 Å². The van der Waals surface area contributed by atoms with Gasteiger partial charge < -0.3 is 15.5 Å². The molecule has 0 bridgehead atoms.